The van der Waals surface area contributed by atoms with Crippen molar-refractivity contribution in [2.75, 3.05) is 6.54 Å². The minimum absolute atomic E-state index is 0.250. The van der Waals surface area contributed by atoms with Crippen LogP contribution in [0.25, 0.3) is 0 Å². The van der Waals surface area contributed by atoms with Crippen molar-refractivity contribution >= 4 is 11.6 Å². The van der Waals surface area contributed by atoms with Crippen LogP contribution < -0.4 is 10.1 Å². The van der Waals surface area contributed by atoms with Crippen molar-refractivity contribution < 1.29 is 4.74 Å². The SMILES string of the molecule is CCNC(C)c1ccccc1Oc1cccc(Cl)c1. The fourth-order valence-corrected chi connectivity index (χ4v) is 2.19. The third-order valence-electron chi connectivity index (χ3n) is 2.92. The summed E-state index contributed by atoms with van der Waals surface area (Å²) in [6, 6.07) is 15.7. The lowest BCUT2D eigenvalue weighted by molar-refractivity contribution is 0.463. The molecule has 19 heavy (non-hydrogen) atoms. The van der Waals surface area contributed by atoms with Gasteiger partial charge >= 0.3 is 0 Å². The monoisotopic (exact) mass is 275 g/mol. The van der Waals surface area contributed by atoms with E-state index in [1.807, 2.05) is 42.5 Å². The van der Waals surface area contributed by atoms with E-state index < -0.39 is 0 Å². The molecule has 2 aromatic carbocycles. The second-order valence-electron chi connectivity index (χ2n) is 4.38. The summed E-state index contributed by atoms with van der Waals surface area (Å²) in [5.74, 6) is 1.61. The second-order valence-corrected chi connectivity index (χ2v) is 4.81. The van der Waals surface area contributed by atoms with Crippen molar-refractivity contribution in [2.45, 2.75) is 19.9 Å². The Balaban J connectivity index is 2.25. The number of ether oxygens (including phenoxy) is 1. The Hall–Kier alpha value is -1.51. The Morgan fingerprint density at radius 3 is 2.68 bits per heavy atom. The van der Waals surface area contributed by atoms with Crippen LogP contribution in [0.3, 0.4) is 0 Å². The van der Waals surface area contributed by atoms with Gasteiger partial charge in [0.1, 0.15) is 11.5 Å². The first-order chi connectivity index (χ1) is 9.20. The number of benzene rings is 2. The first-order valence-corrected chi connectivity index (χ1v) is 6.84. The van der Waals surface area contributed by atoms with E-state index in [0.717, 1.165) is 23.6 Å². The summed E-state index contributed by atoms with van der Waals surface area (Å²) in [6.07, 6.45) is 0. The Morgan fingerprint density at radius 2 is 1.95 bits per heavy atom. The molecular weight excluding hydrogens is 258 g/mol. The van der Waals surface area contributed by atoms with E-state index in [4.69, 9.17) is 16.3 Å². The minimum Gasteiger partial charge on any atom is -0.457 e. The van der Waals surface area contributed by atoms with Gasteiger partial charge < -0.3 is 10.1 Å². The van der Waals surface area contributed by atoms with Crippen LogP contribution in [0, 0.1) is 0 Å². The van der Waals surface area contributed by atoms with Crippen LogP contribution in [-0.4, -0.2) is 6.54 Å². The molecular formula is C16H18ClNO. The lowest BCUT2D eigenvalue weighted by Gasteiger charge is -2.17. The van der Waals surface area contributed by atoms with Gasteiger partial charge in [-0.3, -0.25) is 0 Å². The quantitative estimate of drug-likeness (QED) is 0.846. The molecule has 1 N–H and O–H groups in total. The molecule has 2 nitrogen and oxygen atoms in total. The van der Waals surface area contributed by atoms with Crippen molar-refractivity contribution in [3.8, 4) is 11.5 Å². The Kier molecular flexibility index (Phi) is 4.83. The van der Waals surface area contributed by atoms with E-state index in [1.165, 1.54) is 0 Å². The second kappa shape index (κ2) is 6.60. The molecule has 1 unspecified atom stereocenters. The summed E-state index contributed by atoms with van der Waals surface area (Å²) in [4.78, 5) is 0. The summed E-state index contributed by atoms with van der Waals surface area (Å²) in [6.45, 7) is 5.15. The zero-order valence-corrected chi connectivity index (χ0v) is 11.9. The summed E-state index contributed by atoms with van der Waals surface area (Å²) < 4.78 is 5.93. The molecule has 0 spiro atoms. The Morgan fingerprint density at radius 1 is 1.16 bits per heavy atom. The highest BCUT2D eigenvalue weighted by Gasteiger charge is 2.10. The molecule has 0 amide bonds. The fourth-order valence-electron chi connectivity index (χ4n) is 2.00. The normalized spacial score (nSPS) is 12.2. The molecule has 0 fully saturated rings. The van der Waals surface area contributed by atoms with Gasteiger partial charge in [0, 0.05) is 16.6 Å². The van der Waals surface area contributed by atoms with Gasteiger partial charge in [0.25, 0.3) is 0 Å². The molecule has 0 heterocycles. The lowest BCUT2D eigenvalue weighted by atomic mass is 10.1. The smallest absolute Gasteiger partial charge is 0.132 e. The van der Waals surface area contributed by atoms with Gasteiger partial charge in [-0.25, -0.2) is 0 Å². The van der Waals surface area contributed by atoms with E-state index in [2.05, 4.69) is 25.2 Å². The van der Waals surface area contributed by atoms with Gasteiger partial charge in [-0.05, 0) is 37.7 Å². The maximum absolute atomic E-state index is 5.97. The standard InChI is InChI=1S/C16H18ClNO/c1-3-18-12(2)15-9-4-5-10-16(15)19-14-8-6-7-13(17)11-14/h4-12,18H,3H2,1-2H3. The number of nitrogens with one attached hydrogen (secondary N) is 1. The van der Waals surface area contributed by atoms with Gasteiger partial charge in [0.2, 0.25) is 0 Å². The maximum atomic E-state index is 5.97. The summed E-state index contributed by atoms with van der Waals surface area (Å²) >= 11 is 5.97. The van der Waals surface area contributed by atoms with Crippen LogP contribution in [0.2, 0.25) is 5.02 Å². The molecule has 0 aliphatic carbocycles. The van der Waals surface area contributed by atoms with Crippen LogP contribution in [0.1, 0.15) is 25.5 Å². The molecule has 0 radical (unpaired) electrons. The largest absolute Gasteiger partial charge is 0.457 e. The lowest BCUT2D eigenvalue weighted by Crippen LogP contribution is -2.18. The third-order valence-corrected chi connectivity index (χ3v) is 3.15. The van der Waals surface area contributed by atoms with Gasteiger partial charge in [-0.1, -0.05) is 42.8 Å². The molecule has 100 valence electrons. The van der Waals surface area contributed by atoms with Crippen molar-refractivity contribution in [3.63, 3.8) is 0 Å². The highest BCUT2D eigenvalue weighted by Crippen LogP contribution is 2.30. The summed E-state index contributed by atoms with van der Waals surface area (Å²) in [5, 5.41) is 4.07. The number of hydrogen-bond donors (Lipinski definition) is 1. The Labute approximate surface area is 119 Å². The fraction of sp³-hybridized carbons (Fsp3) is 0.250. The minimum atomic E-state index is 0.250. The summed E-state index contributed by atoms with van der Waals surface area (Å²) in [7, 11) is 0. The van der Waals surface area contributed by atoms with Crippen LogP contribution in [0.15, 0.2) is 48.5 Å². The highest BCUT2D eigenvalue weighted by molar-refractivity contribution is 6.30. The van der Waals surface area contributed by atoms with Crippen LogP contribution in [0.5, 0.6) is 11.5 Å². The van der Waals surface area contributed by atoms with E-state index in [1.54, 1.807) is 0 Å². The van der Waals surface area contributed by atoms with Gasteiger partial charge in [-0.2, -0.15) is 0 Å². The zero-order chi connectivity index (χ0) is 13.7. The predicted molar refractivity (Wildman–Crippen MR) is 80.1 cm³/mol. The first-order valence-electron chi connectivity index (χ1n) is 6.46. The number of para-hydroxylation sites is 1. The predicted octanol–water partition coefficient (Wildman–Crippen LogP) is 4.80. The van der Waals surface area contributed by atoms with Crippen LogP contribution in [0.4, 0.5) is 0 Å². The van der Waals surface area contributed by atoms with Crippen LogP contribution in [-0.2, 0) is 0 Å². The van der Waals surface area contributed by atoms with Gasteiger partial charge in [0.15, 0.2) is 0 Å². The van der Waals surface area contributed by atoms with Crippen LogP contribution >= 0.6 is 11.6 Å². The molecule has 2 rings (SSSR count). The molecule has 0 bridgehead atoms. The maximum Gasteiger partial charge on any atom is 0.132 e. The topological polar surface area (TPSA) is 21.3 Å². The molecule has 1 atom stereocenters. The highest BCUT2D eigenvalue weighted by atomic mass is 35.5. The van der Waals surface area contributed by atoms with Crippen molar-refractivity contribution in [2.24, 2.45) is 0 Å². The van der Waals surface area contributed by atoms with E-state index >= 15 is 0 Å². The average Bonchev–Trinajstić information content (AvgIpc) is 2.39. The first kappa shape index (κ1) is 13.9. The zero-order valence-electron chi connectivity index (χ0n) is 11.2. The van der Waals surface area contributed by atoms with Crippen molar-refractivity contribution in [1.82, 2.24) is 5.32 Å². The van der Waals surface area contributed by atoms with Gasteiger partial charge in [-0.15, -0.1) is 0 Å². The van der Waals surface area contributed by atoms with E-state index in [-0.39, 0.29) is 6.04 Å². The number of halogens is 1. The molecule has 3 heteroatoms. The number of hydrogen-bond acceptors (Lipinski definition) is 2. The number of rotatable bonds is 5. The molecule has 0 aromatic heterocycles. The van der Waals surface area contributed by atoms with Crippen molar-refractivity contribution in [1.29, 1.82) is 0 Å². The molecule has 0 aliphatic heterocycles. The van der Waals surface area contributed by atoms with E-state index in [9.17, 15) is 0 Å². The van der Waals surface area contributed by atoms with Crippen molar-refractivity contribution in [3.05, 3.63) is 59.1 Å². The summed E-state index contributed by atoms with van der Waals surface area (Å²) in [5.41, 5.74) is 1.14. The average molecular weight is 276 g/mol. The molecule has 0 aliphatic rings. The Bertz CT molecular complexity index is 542. The molecule has 0 saturated heterocycles. The van der Waals surface area contributed by atoms with E-state index in [0.29, 0.717) is 5.02 Å². The molecule has 0 saturated carbocycles. The molecule has 2 aromatic rings. The van der Waals surface area contributed by atoms with Gasteiger partial charge in [0.05, 0.1) is 0 Å². The third kappa shape index (κ3) is 3.72.